The quantitative estimate of drug-likeness (QED) is 0.824. The van der Waals surface area contributed by atoms with Gasteiger partial charge in [-0.1, -0.05) is 0 Å². The first kappa shape index (κ1) is 18.0. The lowest BCUT2D eigenvalue weighted by molar-refractivity contribution is 0.0758. The minimum atomic E-state index is -3.17. The average Bonchev–Trinajstić information content (AvgIpc) is 2.96. The Balaban J connectivity index is 1.87. The van der Waals surface area contributed by atoms with Crippen molar-refractivity contribution < 1.29 is 17.6 Å². The summed E-state index contributed by atoms with van der Waals surface area (Å²) < 4.78 is 30.7. The summed E-state index contributed by atoms with van der Waals surface area (Å²) in [4.78, 5) is 16.4. The standard InChI is InChI=1S/C15H25N3O4S/c1-3-23(20,21)16-11-13(2)17-6-4-7-18(9-8-17)15(19)14-5-10-22-12-14/h5,10,12-13,16H,3-4,6-9,11H2,1-2H3. The monoisotopic (exact) mass is 343 g/mol. The number of amides is 1. The van der Waals surface area contributed by atoms with Gasteiger partial charge in [-0.25, -0.2) is 13.1 Å². The second-order valence-electron chi connectivity index (χ2n) is 5.79. The van der Waals surface area contributed by atoms with E-state index in [1.807, 2.05) is 11.8 Å². The van der Waals surface area contributed by atoms with Gasteiger partial charge in [-0.15, -0.1) is 0 Å². The number of rotatable bonds is 6. The molecule has 0 saturated carbocycles. The summed E-state index contributed by atoms with van der Waals surface area (Å²) in [7, 11) is -3.17. The van der Waals surface area contributed by atoms with Crippen molar-refractivity contribution in [1.82, 2.24) is 14.5 Å². The van der Waals surface area contributed by atoms with Gasteiger partial charge in [0, 0.05) is 38.8 Å². The lowest BCUT2D eigenvalue weighted by Gasteiger charge is -2.27. The molecule has 0 radical (unpaired) electrons. The van der Waals surface area contributed by atoms with Crippen LogP contribution < -0.4 is 4.72 Å². The molecule has 1 aromatic rings. The van der Waals surface area contributed by atoms with E-state index in [1.165, 1.54) is 12.5 Å². The van der Waals surface area contributed by atoms with Crippen molar-refractivity contribution in [2.24, 2.45) is 0 Å². The summed E-state index contributed by atoms with van der Waals surface area (Å²) in [6, 6.07) is 1.77. The Morgan fingerprint density at radius 2 is 2.13 bits per heavy atom. The normalized spacial score (nSPS) is 18.6. The molecule has 7 nitrogen and oxygen atoms in total. The molecule has 1 unspecified atom stereocenters. The van der Waals surface area contributed by atoms with Crippen LogP contribution in [0.1, 0.15) is 30.6 Å². The molecule has 8 heteroatoms. The van der Waals surface area contributed by atoms with Crippen molar-refractivity contribution in [1.29, 1.82) is 0 Å². The molecule has 1 atom stereocenters. The van der Waals surface area contributed by atoms with Gasteiger partial charge in [0.2, 0.25) is 10.0 Å². The van der Waals surface area contributed by atoms with Gasteiger partial charge in [-0.2, -0.15) is 0 Å². The Morgan fingerprint density at radius 3 is 2.78 bits per heavy atom. The van der Waals surface area contributed by atoms with E-state index in [0.29, 0.717) is 25.2 Å². The number of sulfonamides is 1. The molecule has 0 bridgehead atoms. The van der Waals surface area contributed by atoms with Crippen molar-refractivity contribution in [3.63, 3.8) is 0 Å². The van der Waals surface area contributed by atoms with E-state index < -0.39 is 10.0 Å². The van der Waals surface area contributed by atoms with Crippen LogP contribution in [0.15, 0.2) is 23.0 Å². The van der Waals surface area contributed by atoms with Crippen LogP contribution in [0.4, 0.5) is 0 Å². The molecule has 1 fully saturated rings. The van der Waals surface area contributed by atoms with Gasteiger partial charge >= 0.3 is 0 Å². The average molecular weight is 343 g/mol. The molecule has 0 aromatic carbocycles. The van der Waals surface area contributed by atoms with Gasteiger partial charge in [0.25, 0.3) is 5.91 Å². The number of hydrogen-bond acceptors (Lipinski definition) is 5. The molecule has 2 heterocycles. The SMILES string of the molecule is CCS(=O)(=O)NCC(C)N1CCCN(C(=O)c2ccoc2)CC1. The van der Waals surface area contributed by atoms with Crippen LogP contribution in [0.25, 0.3) is 0 Å². The van der Waals surface area contributed by atoms with E-state index in [9.17, 15) is 13.2 Å². The summed E-state index contributed by atoms with van der Waals surface area (Å²) in [6.45, 7) is 6.95. The van der Waals surface area contributed by atoms with E-state index in [2.05, 4.69) is 9.62 Å². The van der Waals surface area contributed by atoms with Crippen LogP contribution in [0, 0.1) is 0 Å². The van der Waals surface area contributed by atoms with E-state index in [-0.39, 0.29) is 17.7 Å². The Hall–Kier alpha value is -1.38. The highest BCUT2D eigenvalue weighted by molar-refractivity contribution is 7.89. The van der Waals surface area contributed by atoms with E-state index in [1.54, 1.807) is 13.0 Å². The molecule has 0 aliphatic carbocycles. The smallest absolute Gasteiger partial charge is 0.257 e. The highest BCUT2D eigenvalue weighted by Crippen LogP contribution is 2.11. The van der Waals surface area contributed by atoms with Gasteiger partial charge < -0.3 is 9.32 Å². The fourth-order valence-corrected chi connectivity index (χ4v) is 3.33. The van der Waals surface area contributed by atoms with Crippen LogP contribution in [0.3, 0.4) is 0 Å². The molecule has 1 aliphatic rings. The topological polar surface area (TPSA) is 82.9 Å². The van der Waals surface area contributed by atoms with Gasteiger partial charge in [0.1, 0.15) is 6.26 Å². The molecule has 1 saturated heterocycles. The molecule has 1 amide bonds. The second-order valence-corrected chi connectivity index (χ2v) is 7.89. The molecule has 23 heavy (non-hydrogen) atoms. The summed E-state index contributed by atoms with van der Waals surface area (Å²) in [5.41, 5.74) is 0.571. The van der Waals surface area contributed by atoms with Crippen LogP contribution in [0.5, 0.6) is 0 Å². The van der Waals surface area contributed by atoms with E-state index in [4.69, 9.17) is 4.42 Å². The molecule has 1 N–H and O–H groups in total. The Morgan fingerprint density at radius 1 is 1.35 bits per heavy atom. The fourth-order valence-electron chi connectivity index (χ4n) is 2.63. The van der Waals surface area contributed by atoms with E-state index >= 15 is 0 Å². The Labute approximate surface area is 137 Å². The number of hydrogen-bond donors (Lipinski definition) is 1. The number of furan rings is 1. The minimum Gasteiger partial charge on any atom is -0.472 e. The van der Waals surface area contributed by atoms with Crippen LogP contribution in [-0.4, -0.2) is 68.6 Å². The van der Waals surface area contributed by atoms with Crippen molar-refractivity contribution in [2.75, 3.05) is 38.5 Å². The molecular formula is C15H25N3O4S. The number of carbonyl (C=O) groups is 1. The summed E-state index contributed by atoms with van der Waals surface area (Å²) >= 11 is 0. The maximum absolute atomic E-state index is 12.3. The highest BCUT2D eigenvalue weighted by atomic mass is 32.2. The summed E-state index contributed by atoms with van der Waals surface area (Å²) in [5.74, 6) is 0.0760. The lowest BCUT2D eigenvalue weighted by Crippen LogP contribution is -2.44. The van der Waals surface area contributed by atoms with Crippen LogP contribution >= 0.6 is 0 Å². The third-order valence-electron chi connectivity index (χ3n) is 4.19. The molecule has 130 valence electrons. The van der Waals surface area contributed by atoms with Crippen molar-refractivity contribution in [3.05, 3.63) is 24.2 Å². The van der Waals surface area contributed by atoms with Crippen LogP contribution in [0.2, 0.25) is 0 Å². The predicted octanol–water partition coefficient (Wildman–Crippen LogP) is 0.755. The van der Waals surface area contributed by atoms with Gasteiger partial charge in [0.05, 0.1) is 17.6 Å². The first-order valence-electron chi connectivity index (χ1n) is 7.96. The number of nitrogens with one attached hydrogen (secondary N) is 1. The highest BCUT2D eigenvalue weighted by Gasteiger charge is 2.23. The van der Waals surface area contributed by atoms with Crippen molar-refractivity contribution >= 4 is 15.9 Å². The number of nitrogens with zero attached hydrogens (tertiary/aromatic N) is 2. The summed E-state index contributed by atoms with van der Waals surface area (Å²) in [5, 5.41) is 0. The van der Waals surface area contributed by atoms with Gasteiger partial charge in [-0.3, -0.25) is 9.69 Å². The molecule has 0 spiro atoms. The first-order valence-corrected chi connectivity index (χ1v) is 9.61. The van der Waals surface area contributed by atoms with Crippen molar-refractivity contribution in [3.8, 4) is 0 Å². The summed E-state index contributed by atoms with van der Waals surface area (Å²) in [6.07, 6.45) is 3.83. The minimum absolute atomic E-state index is 0.0139. The predicted molar refractivity (Wildman–Crippen MR) is 87.7 cm³/mol. The Bertz CT molecular complexity index is 600. The third kappa shape index (κ3) is 5.05. The molecule has 1 aromatic heterocycles. The lowest BCUT2D eigenvalue weighted by atomic mass is 10.2. The zero-order valence-corrected chi connectivity index (χ0v) is 14.5. The van der Waals surface area contributed by atoms with Crippen LogP contribution in [-0.2, 0) is 10.0 Å². The maximum Gasteiger partial charge on any atom is 0.257 e. The second kappa shape index (κ2) is 7.94. The third-order valence-corrected chi connectivity index (χ3v) is 5.55. The molecule has 2 rings (SSSR count). The number of carbonyl (C=O) groups excluding carboxylic acids is 1. The van der Waals surface area contributed by atoms with Gasteiger partial charge in [-0.05, 0) is 26.3 Å². The van der Waals surface area contributed by atoms with E-state index in [0.717, 1.165) is 19.5 Å². The fraction of sp³-hybridized carbons (Fsp3) is 0.667. The zero-order chi connectivity index (χ0) is 16.9. The largest absolute Gasteiger partial charge is 0.472 e. The van der Waals surface area contributed by atoms with Crippen molar-refractivity contribution in [2.45, 2.75) is 26.3 Å². The zero-order valence-electron chi connectivity index (χ0n) is 13.7. The van der Waals surface area contributed by atoms with Gasteiger partial charge in [0.15, 0.2) is 0 Å². The Kier molecular flexibility index (Phi) is 6.20. The maximum atomic E-state index is 12.3. The molecular weight excluding hydrogens is 318 g/mol. The first-order chi connectivity index (χ1) is 10.9. The molecule has 1 aliphatic heterocycles.